The first-order valence-corrected chi connectivity index (χ1v) is 6.73. The SMILES string of the molecule is COc1cc(C=O)c(N2CC[C@H](N(C)C)C2)cc1OC. The molecule has 1 aromatic carbocycles. The van der Waals surface area contributed by atoms with Crippen LogP contribution < -0.4 is 14.4 Å². The monoisotopic (exact) mass is 278 g/mol. The van der Waals surface area contributed by atoms with Crippen molar-refractivity contribution in [1.29, 1.82) is 0 Å². The van der Waals surface area contributed by atoms with Crippen LogP contribution in [0.1, 0.15) is 16.8 Å². The topological polar surface area (TPSA) is 42.0 Å². The lowest BCUT2D eigenvalue weighted by Crippen LogP contribution is -2.31. The molecule has 110 valence electrons. The molecule has 0 aromatic heterocycles. The lowest BCUT2D eigenvalue weighted by Gasteiger charge is -2.24. The first-order chi connectivity index (χ1) is 9.60. The fraction of sp³-hybridized carbons (Fsp3) is 0.533. The van der Waals surface area contributed by atoms with E-state index in [-0.39, 0.29) is 0 Å². The molecule has 0 radical (unpaired) electrons. The molecule has 0 amide bonds. The molecule has 1 heterocycles. The van der Waals surface area contributed by atoms with E-state index >= 15 is 0 Å². The van der Waals surface area contributed by atoms with Crippen molar-refractivity contribution in [2.24, 2.45) is 0 Å². The van der Waals surface area contributed by atoms with Crippen molar-refractivity contribution in [2.45, 2.75) is 12.5 Å². The van der Waals surface area contributed by atoms with Crippen LogP contribution in [0, 0.1) is 0 Å². The Morgan fingerprint density at radius 3 is 2.40 bits per heavy atom. The quantitative estimate of drug-likeness (QED) is 0.766. The fourth-order valence-corrected chi connectivity index (χ4v) is 2.63. The van der Waals surface area contributed by atoms with E-state index in [1.807, 2.05) is 6.07 Å². The second-order valence-electron chi connectivity index (χ2n) is 5.24. The van der Waals surface area contributed by atoms with Gasteiger partial charge in [-0.25, -0.2) is 0 Å². The third-order valence-electron chi connectivity index (χ3n) is 3.89. The number of rotatable bonds is 5. The smallest absolute Gasteiger partial charge is 0.162 e. The summed E-state index contributed by atoms with van der Waals surface area (Å²) >= 11 is 0. The minimum absolute atomic E-state index is 0.516. The van der Waals surface area contributed by atoms with Gasteiger partial charge in [0.05, 0.1) is 19.9 Å². The van der Waals surface area contributed by atoms with E-state index < -0.39 is 0 Å². The van der Waals surface area contributed by atoms with Crippen molar-refractivity contribution in [3.05, 3.63) is 17.7 Å². The summed E-state index contributed by atoms with van der Waals surface area (Å²) in [6.45, 7) is 1.86. The predicted octanol–water partition coefficient (Wildman–Crippen LogP) is 1.66. The maximum Gasteiger partial charge on any atom is 0.162 e. The Bertz CT molecular complexity index is 488. The maximum atomic E-state index is 11.3. The third-order valence-corrected chi connectivity index (χ3v) is 3.89. The van der Waals surface area contributed by atoms with Crippen LogP contribution in [0.4, 0.5) is 5.69 Å². The molecule has 0 bridgehead atoms. The minimum Gasteiger partial charge on any atom is -0.493 e. The number of hydrogen-bond donors (Lipinski definition) is 0. The summed E-state index contributed by atoms with van der Waals surface area (Å²) in [7, 11) is 7.35. The minimum atomic E-state index is 0.516. The number of ether oxygens (including phenoxy) is 2. The van der Waals surface area contributed by atoms with Gasteiger partial charge in [0.1, 0.15) is 0 Å². The second kappa shape index (κ2) is 6.13. The number of carbonyl (C=O) groups is 1. The van der Waals surface area contributed by atoms with Crippen LogP contribution in [0.2, 0.25) is 0 Å². The molecular weight excluding hydrogens is 256 g/mol. The summed E-state index contributed by atoms with van der Waals surface area (Å²) in [5.41, 5.74) is 1.56. The van der Waals surface area contributed by atoms with Gasteiger partial charge in [-0.05, 0) is 26.6 Å². The lowest BCUT2D eigenvalue weighted by atomic mass is 10.1. The molecular formula is C15H22N2O3. The van der Waals surface area contributed by atoms with Gasteiger partial charge in [0, 0.05) is 30.8 Å². The van der Waals surface area contributed by atoms with Gasteiger partial charge in [0.25, 0.3) is 0 Å². The van der Waals surface area contributed by atoms with E-state index in [2.05, 4.69) is 23.9 Å². The van der Waals surface area contributed by atoms with Gasteiger partial charge < -0.3 is 19.3 Å². The highest BCUT2D eigenvalue weighted by atomic mass is 16.5. The van der Waals surface area contributed by atoms with E-state index in [9.17, 15) is 4.79 Å². The Kier molecular flexibility index (Phi) is 4.49. The van der Waals surface area contributed by atoms with Crippen molar-refractivity contribution in [3.8, 4) is 11.5 Å². The number of hydrogen-bond acceptors (Lipinski definition) is 5. The second-order valence-corrected chi connectivity index (χ2v) is 5.24. The van der Waals surface area contributed by atoms with Gasteiger partial charge in [0.15, 0.2) is 17.8 Å². The Hall–Kier alpha value is -1.75. The van der Waals surface area contributed by atoms with Gasteiger partial charge >= 0.3 is 0 Å². The molecule has 5 nitrogen and oxygen atoms in total. The molecule has 5 heteroatoms. The molecule has 0 saturated carbocycles. The maximum absolute atomic E-state index is 11.3. The van der Waals surface area contributed by atoms with Crippen molar-refractivity contribution >= 4 is 12.0 Å². The van der Waals surface area contributed by atoms with E-state index in [4.69, 9.17) is 9.47 Å². The number of benzene rings is 1. The zero-order chi connectivity index (χ0) is 14.7. The third kappa shape index (κ3) is 2.72. The normalized spacial score (nSPS) is 18.4. The average molecular weight is 278 g/mol. The number of methoxy groups -OCH3 is 2. The Balaban J connectivity index is 2.33. The molecule has 0 unspecified atom stereocenters. The molecule has 0 aliphatic carbocycles. The highest BCUT2D eigenvalue weighted by Crippen LogP contribution is 2.36. The van der Waals surface area contributed by atoms with Crippen LogP contribution in [0.15, 0.2) is 12.1 Å². The largest absolute Gasteiger partial charge is 0.493 e. The van der Waals surface area contributed by atoms with Crippen LogP contribution in [0.5, 0.6) is 11.5 Å². The standard InChI is InChI=1S/C15H22N2O3/c1-16(2)12-5-6-17(9-12)13-8-15(20-4)14(19-3)7-11(13)10-18/h7-8,10,12H,5-6,9H2,1-4H3/t12-/m0/s1. The fourth-order valence-electron chi connectivity index (χ4n) is 2.63. The van der Waals surface area contributed by atoms with Gasteiger partial charge in [-0.3, -0.25) is 4.79 Å². The number of likely N-dealkylation sites (N-methyl/N-ethyl adjacent to an activating group) is 1. The van der Waals surface area contributed by atoms with E-state index in [1.54, 1.807) is 20.3 Å². The summed E-state index contributed by atoms with van der Waals surface area (Å²) in [5, 5.41) is 0. The summed E-state index contributed by atoms with van der Waals surface area (Å²) in [6, 6.07) is 4.15. The average Bonchev–Trinajstić information content (AvgIpc) is 2.95. The van der Waals surface area contributed by atoms with Crippen molar-refractivity contribution in [1.82, 2.24) is 4.90 Å². The van der Waals surface area contributed by atoms with E-state index in [0.29, 0.717) is 23.1 Å². The summed E-state index contributed by atoms with van der Waals surface area (Å²) in [5.74, 6) is 1.24. The summed E-state index contributed by atoms with van der Waals surface area (Å²) < 4.78 is 10.6. The lowest BCUT2D eigenvalue weighted by molar-refractivity contribution is 0.112. The molecule has 1 aromatic rings. The molecule has 0 spiro atoms. The molecule has 1 aliphatic heterocycles. The van der Waals surface area contributed by atoms with Crippen molar-refractivity contribution < 1.29 is 14.3 Å². The van der Waals surface area contributed by atoms with Gasteiger partial charge in [-0.1, -0.05) is 0 Å². The number of anilines is 1. The van der Waals surface area contributed by atoms with Crippen LogP contribution in [-0.2, 0) is 0 Å². The highest BCUT2D eigenvalue weighted by molar-refractivity contribution is 5.86. The van der Waals surface area contributed by atoms with Crippen LogP contribution in [0.3, 0.4) is 0 Å². The van der Waals surface area contributed by atoms with E-state index in [1.165, 1.54) is 0 Å². The Morgan fingerprint density at radius 2 is 1.90 bits per heavy atom. The number of nitrogens with zero attached hydrogens (tertiary/aromatic N) is 2. The molecule has 1 fully saturated rings. The Morgan fingerprint density at radius 1 is 1.25 bits per heavy atom. The Labute approximate surface area is 120 Å². The summed E-state index contributed by atoms with van der Waals surface area (Å²) in [6.07, 6.45) is 1.97. The molecule has 1 saturated heterocycles. The van der Waals surface area contributed by atoms with Gasteiger partial charge in [-0.15, -0.1) is 0 Å². The molecule has 1 atom stereocenters. The highest BCUT2D eigenvalue weighted by Gasteiger charge is 2.26. The first-order valence-electron chi connectivity index (χ1n) is 6.73. The van der Waals surface area contributed by atoms with Crippen molar-refractivity contribution in [3.63, 3.8) is 0 Å². The molecule has 20 heavy (non-hydrogen) atoms. The number of carbonyl (C=O) groups excluding carboxylic acids is 1. The first kappa shape index (κ1) is 14.7. The van der Waals surface area contributed by atoms with Crippen LogP contribution in [-0.4, -0.2) is 58.6 Å². The summed E-state index contributed by atoms with van der Waals surface area (Å²) in [4.78, 5) is 15.8. The van der Waals surface area contributed by atoms with Gasteiger partial charge in [0.2, 0.25) is 0 Å². The zero-order valence-corrected chi connectivity index (χ0v) is 12.5. The van der Waals surface area contributed by atoms with E-state index in [0.717, 1.165) is 31.5 Å². The molecule has 1 aliphatic rings. The molecule has 0 N–H and O–H groups in total. The number of aldehydes is 1. The predicted molar refractivity (Wildman–Crippen MR) is 79.2 cm³/mol. The van der Waals surface area contributed by atoms with Gasteiger partial charge in [-0.2, -0.15) is 0 Å². The van der Waals surface area contributed by atoms with Crippen LogP contribution in [0.25, 0.3) is 0 Å². The van der Waals surface area contributed by atoms with Crippen LogP contribution >= 0.6 is 0 Å². The zero-order valence-electron chi connectivity index (χ0n) is 12.5. The molecule has 2 rings (SSSR count). The van der Waals surface area contributed by atoms with Crippen molar-refractivity contribution in [2.75, 3.05) is 46.3 Å².